The van der Waals surface area contributed by atoms with Crippen LogP contribution in [0.5, 0.6) is 0 Å². The molecule has 2 rings (SSSR count). The van der Waals surface area contributed by atoms with Crippen molar-refractivity contribution in [2.75, 3.05) is 7.05 Å². The van der Waals surface area contributed by atoms with Gasteiger partial charge in [-0.3, -0.25) is 0 Å². The number of hydrogen-bond acceptors (Lipinski definition) is 2. The lowest BCUT2D eigenvalue weighted by molar-refractivity contribution is 0.712. The Balaban J connectivity index is 2.62. The molecule has 2 aromatic rings. The minimum absolute atomic E-state index is 0.763. The number of benzene rings is 1. The van der Waals surface area contributed by atoms with Gasteiger partial charge in [-0.05, 0) is 66.5 Å². The van der Waals surface area contributed by atoms with E-state index in [4.69, 9.17) is 0 Å². The quantitative estimate of drug-likeness (QED) is 0.937. The molecule has 4 heteroatoms. The van der Waals surface area contributed by atoms with Crippen molar-refractivity contribution in [3.8, 4) is 11.3 Å². The van der Waals surface area contributed by atoms with Crippen molar-refractivity contribution in [2.24, 2.45) is 7.05 Å². The highest BCUT2D eigenvalue weighted by molar-refractivity contribution is 9.10. The molecule has 0 saturated heterocycles. The molecule has 0 aliphatic carbocycles. The molecule has 0 aliphatic heterocycles. The Labute approximate surface area is 123 Å². The van der Waals surface area contributed by atoms with Crippen LogP contribution in [0, 0.1) is 20.8 Å². The maximum atomic E-state index is 4.59. The predicted molar refractivity (Wildman–Crippen MR) is 83.3 cm³/mol. The molecule has 0 amide bonds. The van der Waals surface area contributed by atoms with Gasteiger partial charge in [0, 0.05) is 12.6 Å². The van der Waals surface area contributed by atoms with Gasteiger partial charge in [0.15, 0.2) is 0 Å². The summed E-state index contributed by atoms with van der Waals surface area (Å²) in [6.07, 6.45) is 0. The van der Waals surface area contributed by atoms with Crippen LogP contribution in [-0.4, -0.2) is 16.6 Å². The zero-order valence-electron chi connectivity index (χ0n) is 12.1. The number of nitrogens with one attached hydrogen (secondary N) is 1. The van der Waals surface area contributed by atoms with Crippen LogP contribution in [-0.2, 0) is 13.6 Å². The van der Waals surface area contributed by atoms with Crippen LogP contribution in [0.3, 0.4) is 0 Å². The lowest BCUT2D eigenvalue weighted by atomic mass is 9.99. The summed E-state index contributed by atoms with van der Waals surface area (Å²) in [5.41, 5.74) is 6.31. The Bertz CT molecular complexity index is 614. The smallest absolute Gasteiger partial charge is 0.132 e. The van der Waals surface area contributed by atoms with Crippen LogP contribution < -0.4 is 5.32 Å². The first-order valence-electron chi connectivity index (χ1n) is 6.39. The topological polar surface area (TPSA) is 29.9 Å². The molecule has 1 aromatic heterocycles. The Kier molecular flexibility index (Phi) is 4.11. The van der Waals surface area contributed by atoms with Crippen LogP contribution in [0.1, 0.15) is 22.5 Å². The summed E-state index contributed by atoms with van der Waals surface area (Å²) in [4.78, 5) is 4.59. The lowest BCUT2D eigenvalue weighted by Crippen LogP contribution is -2.10. The van der Waals surface area contributed by atoms with Crippen LogP contribution in [0.4, 0.5) is 0 Å². The zero-order chi connectivity index (χ0) is 14.2. The molecule has 0 bridgehead atoms. The Morgan fingerprint density at radius 2 is 1.79 bits per heavy atom. The van der Waals surface area contributed by atoms with Gasteiger partial charge in [0.1, 0.15) is 10.4 Å². The minimum atomic E-state index is 0.763. The van der Waals surface area contributed by atoms with Gasteiger partial charge in [0.2, 0.25) is 0 Å². The summed E-state index contributed by atoms with van der Waals surface area (Å²) in [5.74, 6) is 1.03. The fourth-order valence-electron chi connectivity index (χ4n) is 2.33. The van der Waals surface area contributed by atoms with Crippen LogP contribution in [0.25, 0.3) is 11.3 Å². The van der Waals surface area contributed by atoms with E-state index >= 15 is 0 Å². The third-order valence-corrected chi connectivity index (χ3v) is 4.13. The standard InChI is InChI=1S/C15H20BrN3/c1-9-6-11(3)12(7-10(9)2)14-15(16)18-13(8-17-4)19(14)5/h6-7,17H,8H2,1-5H3. The van der Waals surface area contributed by atoms with Crippen molar-refractivity contribution >= 4 is 15.9 Å². The molecule has 0 saturated carbocycles. The van der Waals surface area contributed by atoms with Crippen molar-refractivity contribution in [1.29, 1.82) is 0 Å². The van der Waals surface area contributed by atoms with Crippen LogP contribution in [0.2, 0.25) is 0 Å². The first kappa shape index (κ1) is 14.3. The molecule has 19 heavy (non-hydrogen) atoms. The van der Waals surface area contributed by atoms with Crippen LogP contribution >= 0.6 is 15.9 Å². The molecule has 102 valence electrons. The highest BCUT2D eigenvalue weighted by Crippen LogP contribution is 2.32. The third kappa shape index (κ3) is 2.60. The van der Waals surface area contributed by atoms with E-state index in [9.17, 15) is 0 Å². The Hall–Kier alpha value is -1.13. The monoisotopic (exact) mass is 321 g/mol. The number of halogens is 1. The molecular formula is C15H20BrN3. The average Bonchev–Trinajstić information content (AvgIpc) is 2.61. The molecule has 0 aliphatic rings. The molecule has 1 N–H and O–H groups in total. The van der Waals surface area contributed by atoms with E-state index in [-0.39, 0.29) is 0 Å². The van der Waals surface area contributed by atoms with Gasteiger partial charge in [-0.25, -0.2) is 4.98 Å². The predicted octanol–water partition coefficient (Wildman–Crippen LogP) is 3.49. The van der Waals surface area contributed by atoms with Gasteiger partial charge in [-0.1, -0.05) is 6.07 Å². The average molecular weight is 322 g/mol. The van der Waals surface area contributed by atoms with Crippen LogP contribution in [0.15, 0.2) is 16.7 Å². The second-order valence-corrected chi connectivity index (χ2v) is 5.76. The Morgan fingerprint density at radius 1 is 1.16 bits per heavy atom. The summed E-state index contributed by atoms with van der Waals surface area (Å²) in [6, 6.07) is 4.48. The van der Waals surface area contributed by atoms with Gasteiger partial charge in [0.05, 0.1) is 12.2 Å². The number of rotatable bonds is 3. The molecule has 3 nitrogen and oxygen atoms in total. The number of hydrogen-bond donors (Lipinski definition) is 1. The second kappa shape index (κ2) is 5.47. The first-order valence-corrected chi connectivity index (χ1v) is 7.19. The van der Waals surface area contributed by atoms with Crippen molar-refractivity contribution in [1.82, 2.24) is 14.9 Å². The summed E-state index contributed by atoms with van der Waals surface area (Å²) < 4.78 is 3.06. The van der Waals surface area contributed by atoms with E-state index in [1.807, 2.05) is 7.05 Å². The molecule has 0 atom stereocenters. The second-order valence-electron chi connectivity index (χ2n) is 5.01. The minimum Gasteiger partial charge on any atom is -0.329 e. The summed E-state index contributed by atoms with van der Waals surface area (Å²) >= 11 is 3.59. The lowest BCUT2D eigenvalue weighted by Gasteiger charge is -2.12. The summed E-state index contributed by atoms with van der Waals surface area (Å²) in [6.45, 7) is 7.21. The fraction of sp³-hybridized carbons (Fsp3) is 0.400. The van der Waals surface area contributed by atoms with E-state index in [1.165, 1.54) is 22.3 Å². The molecular weight excluding hydrogens is 302 g/mol. The van der Waals surface area contributed by atoms with Gasteiger partial charge >= 0.3 is 0 Å². The zero-order valence-corrected chi connectivity index (χ0v) is 13.7. The molecule has 0 radical (unpaired) electrons. The van der Waals surface area contributed by atoms with E-state index in [1.54, 1.807) is 0 Å². The summed E-state index contributed by atoms with van der Waals surface area (Å²) in [7, 11) is 4.00. The van der Waals surface area contributed by atoms with Crippen molar-refractivity contribution < 1.29 is 0 Å². The van der Waals surface area contributed by atoms with Gasteiger partial charge in [0.25, 0.3) is 0 Å². The number of aromatic nitrogens is 2. The SMILES string of the molecule is CNCc1nc(Br)c(-c2cc(C)c(C)cc2C)n1C. The maximum Gasteiger partial charge on any atom is 0.132 e. The van der Waals surface area contributed by atoms with Gasteiger partial charge in [-0.2, -0.15) is 0 Å². The molecule has 1 aromatic carbocycles. The molecule has 0 unspecified atom stereocenters. The number of aryl methyl sites for hydroxylation is 3. The molecule has 0 spiro atoms. The Morgan fingerprint density at radius 3 is 2.42 bits per heavy atom. The van der Waals surface area contributed by atoms with Gasteiger partial charge in [-0.15, -0.1) is 0 Å². The van der Waals surface area contributed by atoms with Gasteiger partial charge < -0.3 is 9.88 Å². The van der Waals surface area contributed by atoms with Crippen molar-refractivity contribution in [2.45, 2.75) is 27.3 Å². The largest absolute Gasteiger partial charge is 0.329 e. The van der Waals surface area contributed by atoms with E-state index in [0.717, 1.165) is 22.7 Å². The fourth-order valence-corrected chi connectivity index (χ4v) is 3.02. The van der Waals surface area contributed by atoms with Crippen molar-refractivity contribution in [3.63, 3.8) is 0 Å². The summed E-state index contributed by atoms with van der Waals surface area (Å²) in [5, 5.41) is 3.15. The highest BCUT2D eigenvalue weighted by atomic mass is 79.9. The van der Waals surface area contributed by atoms with E-state index < -0.39 is 0 Å². The maximum absolute atomic E-state index is 4.59. The number of imidazole rings is 1. The number of nitrogens with zero attached hydrogens (tertiary/aromatic N) is 2. The molecule has 1 heterocycles. The third-order valence-electron chi connectivity index (χ3n) is 3.58. The van der Waals surface area contributed by atoms with E-state index in [0.29, 0.717) is 0 Å². The first-order chi connectivity index (χ1) is 8.95. The van der Waals surface area contributed by atoms with E-state index in [2.05, 4.69) is 70.7 Å². The van der Waals surface area contributed by atoms with Crippen molar-refractivity contribution in [3.05, 3.63) is 39.3 Å². The highest BCUT2D eigenvalue weighted by Gasteiger charge is 2.16. The molecule has 0 fully saturated rings. The normalized spacial score (nSPS) is 11.1.